The van der Waals surface area contributed by atoms with E-state index in [1.807, 2.05) is 42.5 Å². The summed E-state index contributed by atoms with van der Waals surface area (Å²) in [5.41, 5.74) is 10.1. The summed E-state index contributed by atoms with van der Waals surface area (Å²) in [7, 11) is 0. The van der Waals surface area contributed by atoms with Gasteiger partial charge in [-0.25, -0.2) is 0 Å². The quantitative estimate of drug-likeness (QED) is 0.385. The molecule has 0 aliphatic carbocycles. The van der Waals surface area contributed by atoms with Crippen LogP contribution in [-0.4, -0.2) is 29.9 Å². The summed E-state index contributed by atoms with van der Waals surface area (Å²) < 4.78 is 3.46. The topological polar surface area (TPSA) is 98.3 Å². The molecule has 0 bridgehead atoms. The summed E-state index contributed by atoms with van der Waals surface area (Å²) in [5, 5.41) is 14.1. The van der Waals surface area contributed by atoms with Crippen molar-refractivity contribution < 1.29 is 0 Å². The van der Waals surface area contributed by atoms with Crippen LogP contribution in [0.5, 0.6) is 0 Å². The average Bonchev–Trinajstić information content (AvgIpc) is 3.22. The number of nitrogens with two attached hydrogens (primary N) is 1. The number of anilines is 1. The number of rotatable bonds is 2. The Morgan fingerprint density at radius 3 is 2.52 bits per heavy atom. The maximum atomic E-state index is 6.15. The van der Waals surface area contributed by atoms with Crippen molar-refractivity contribution in [3.63, 3.8) is 0 Å². The van der Waals surface area contributed by atoms with Gasteiger partial charge in [-0.3, -0.25) is 0 Å². The van der Waals surface area contributed by atoms with Crippen molar-refractivity contribution in [2.45, 2.75) is 0 Å². The molecule has 3 aromatic heterocycles. The van der Waals surface area contributed by atoms with Crippen LogP contribution in [0.25, 0.3) is 39.3 Å². The van der Waals surface area contributed by atoms with E-state index in [4.69, 9.17) is 5.73 Å². The molecule has 5 aromatic rings. The molecule has 7 nitrogen and oxygen atoms in total. The van der Waals surface area contributed by atoms with E-state index in [9.17, 15) is 0 Å². The zero-order valence-electron chi connectivity index (χ0n) is 13.7. The molecule has 0 fully saturated rings. The predicted octanol–water partition coefficient (Wildman–Crippen LogP) is 4.47. The molecule has 2 aromatic carbocycles. The minimum atomic E-state index is 0.314. The van der Waals surface area contributed by atoms with Crippen molar-refractivity contribution in [2.24, 2.45) is 0 Å². The second-order valence-corrected chi connectivity index (χ2v) is 7.83. The monoisotopic (exact) mass is 483 g/mol. The van der Waals surface area contributed by atoms with E-state index < -0.39 is 0 Å². The smallest absolute Gasteiger partial charge is 0.274 e. The second kappa shape index (κ2) is 6.14. The number of nitrogens with zero attached hydrogens (tertiary/aromatic N) is 5. The van der Waals surface area contributed by atoms with E-state index in [-0.39, 0.29) is 0 Å². The van der Waals surface area contributed by atoms with Gasteiger partial charge in [0.1, 0.15) is 11.3 Å². The molecule has 132 valence electrons. The van der Waals surface area contributed by atoms with Gasteiger partial charge >= 0.3 is 0 Å². The van der Waals surface area contributed by atoms with E-state index in [0.717, 1.165) is 31.1 Å². The molecule has 0 saturated heterocycles. The van der Waals surface area contributed by atoms with Gasteiger partial charge in [-0.2, -0.15) is 14.8 Å². The molecule has 0 aliphatic rings. The van der Waals surface area contributed by atoms with Gasteiger partial charge in [0.05, 0.1) is 5.69 Å². The van der Waals surface area contributed by atoms with E-state index >= 15 is 0 Å². The number of hydrogen-bond acceptors (Lipinski definition) is 5. The van der Waals surface area contributed by atoms with Crippen molar-refractivity contribution >= 4 is 59.7 Å². The third kappa shape index (κ3) is 2.79. The Kier molecular flexibility index (Phi) is 3.73. The molecule has 0 unspecified atom stereocenters. The fourth-order valence-corrected chi connectivity index (χ4v) is 3.57. The number of H-pyrrole nitrogens is 1. The van der Waals surface area contributed by atoms with E-state index in [0.29, 0.717) is 22.9 Å². The fourth-order valence-electron chi connectivity index (χ4n) is 2.94. The van der Waals surface area contributed by atoms with Gasteiger partial charge in [-0.1, -0.05) is 44.0 Å². The molecule has 9 heteroatoms. The van der Waals surface area contributed by atoms with E-state index in [2.05, 4.69) is 57.1 Å². The van der Waals surface area contributed by atoms with Crippen LogP contribution in [0.2, 0.25) is 0 Å². The van der Waals surface area contributed by atoms with Crippen molar-refractivity contribution in [3.8, 4) is 17.2 Å². The minimum Gasteiger partial charge on any atom is -0.383 e. The van der Waals surface area contributed by atoms with E-state index in [1.165, 1.54) is 4.68 Å². The Hall–Kier alpha value is -2.78. The zero-order valence-corrected chi connectivity index (χ0v) is 16.9. The Bertz CT molecular complexity index is 1310. The molecular weight excluding hydrogens is 474 g/mol. The summed E-state index contributed by atoms with van der Waals surface area (Å²) in [5.74, 6) is 0.752. The number of nitrogens with one attached hydrogen (secondary N) is 1. The average molecular weight is 485 g/mol. The molecule has 0 atom stereocenters. The highest BCUT2D eigenvalue weighted by molar-refractivity contribution is 9.10. The SMILES string of the molecule is Nc1cc(-c2ccc(Br)cc2)nn1-c1nnc2c(n1)[nH]c1ccc(Br)cc12. The lowest BCUT2D eigenvalue weighted by Crippen LogP contribution is -2.07. The molecule has 27 heavy (non-hydrogen) atoms. The van der Waals surface area contributed by atoms with Crippen LogP contribution in [0.1, 0.15) is 0 Å². The first-order valence-corrected chi connectivity index (χ1v) is 9.60. The Morgan fingerprint density at radius 1 is 0.926 bits per heavy atom. The van der Waals surface area contributed by atoms with Gasteiger partial charge in [0.25, 0.3) is 5.95 Å². The Balaban J connectivity index is 1.63. The molecule has 5 rings (SSSR count). The molecule has 0 aliphatic heterocycles. The fraction of sp³-hybridized carbons (Fsp3) is 0. The molecule has 0 saturated carbocycles. The largest absolute Gasteiger partial charge is 0.383 e. The molecule has 0 amide bonds. The number of fused-ring (bicyclic) bond motifs is 3. The highest BCUT2D eigenvalue weighted by atomic mass is 79.9. The number of aromatic nitrogens is 6. The third-order valence-corrected chi connectivity index (χ3v) is 5.25. The van der Waals surface area contributed by atoms with Crippen LogP contribution in [0, 0.1) is 0 Å². The normalized spacial score (nSPS) is 11.5. The maximum Gasteiger partial charge on any atom is 0.274 e. The van der Waals surface area contributed by atoms with Crippen LogP contribution in [-0.2, 0) is 0 Å². The number of aromatic amines is 1. The van der Waals surface area contributed by atoms with E-state index in [1.54, 1.807) is 6.07 Å². The van der Waals surface area contributed by atoms with Crippen LogP contribution < -0.4 is 5.73 Å². The van der Waals surface area contributed by atoms with Gasteiger partial charge in [0.15, 0.2) is 5.65 Å². The molecule has 0 spiro atoms. The molecular formula is C18H11Br2N7. The van der Waals surface area contributed by atoms with Gasteiger partial charge in [0, 0.05) is 31.5 Å². The number of halogens is 2. The van der Waals surface area contributed by atoms with Crippen LogP contribution in [0.15, 0.2) is 57.5 Å². The zero-order chi connectivity index (χ0) is 18.5. The first-order valence-electron chi connectivity index (χ1n) is 8.02. The summed E-state index contributed by atoms with van der Waals surface area (Å²) in [6.07, 6.45) is 0. The lowest BCUT2D eigenvalue weighted by molar-refractivity contribution is 0.797. The Morgan fingerprint density at radius 2 is 1.70 bits per heavy atom. The lowest BCUT2D eigenvalue weighted by atomic mass is 10.2. The van der Waals surface area contributed by atoms with Crippen molar-refractivity contribution in [1.29, 1.82) is 0 Å². The van der Waals surface area contributed by atoms with Crippen molar-refractivity contribution in [3.05, 3.63) is 57.5 Å². The number of benzene rings is 2. The Labute approximate surface area is 169 Å². The highest BCUT2D eigenvalue weighted by Crippen LogP contribution is 2.27. The van der Waals surface area contributed by atoms with Gasteiger partial charge in [-0.05, 0) is 30.3 Å². The predicted molar refractivity (Wildman–Crippen MR) is 112 cm³/mol. The molecule has 0 radical (unpaired) electrons. The molecule has 3 N–H and O–H groups in total. The first-order chi connectivity index (χ1) is 13.1. The summed E-state index contributed by atoms with van der Waals surface area (Å²) in [6.45, 7) is 0. The summed E-state index contributed by atoms with van der Waals surface area (Å²) in [4.78, 5) is 7.82. The van der Waals surface area contributed by atoms with Crippen molar-refractivity contribution in [1.82, 2.24) is 29.9 Å². The van der Waals surface area contributed by atoms with Crippen molar-refractivity contribution in [2.75, 3.05) is 5.73 Å². The minimum absolute atomic E-state index is 0.314. The lowest BCUT2D eigenvalue weighted by Gasteiger charge is -2.00. The van der Waals surface area contributed by atoms with Crippen LogP contribution >= 0.6 is 31.9 Å². The van der Waals surface area contributed by atoms with Gasteiger partial charge < -0.3 is 10.7 Å². The second-order valence-electron chi connectivity index (χ2n) is 6.00. The summed E-state index contributed by atoms with van der Waals surface area (Å²) in [6, 6.07) is 15.5. The first kappa shape index (κ1) is 16.4. The highest BCUT2D eigenvalue weighted by Gasteiger charge is 2.14. The number of hydrogen-bond donors (Lipinski definition) is 2. The van der Waals surface area contributed by atoms with Crippen LogP contribution in [0.4, 0.5) is 5.82 Å². The number of nitrogen functional groups attached to an aromatic ring is 1. The van der Waals surface area contributed by atoms with Gasteiger partial charge in [-0.15, -0.1) is 10.2 Å². The molecule has 3 heterocycles. The third-order valence-electron chi connectivity index (χ3n) is 4.23. The summed E-state index contributed by atoms with van der Waals surface area (Å²) >= 11 is 6.91. The maximum absolute atomic E-state index is 6.15. The van der Waals surface area contributed by atoms with Gasteiger partial charge in [0.2, 0.25) is 0 Å². The van der Waals surface area contributed by atoms with Crippen LogP contribution in [0.3, 0.4) is 0 Å². The standard InChI is InChI=1S/C18H11Br2N7/c19-10-3-1-9(2-4-10)14-8-15(21)27(26-14)18-23-17-16(24-25-18)12-7-11(20)5-6-13(12)22-17/h1-8H,21H2,(H,22,23,25).